The molecule has 0 saturated carbocycles. The third-order valence-corrected chi connectivity index (χ3v) is 4.04. The molecule has 0 amide bonds. The third-order valence-electron chi connectivity index (χ3n) is 4.04. The third kappa shape index (κ3) is 3.54. The van der Waals surface area contributed by atoms with Gasteiger partial charge in [-0.2, -0.15) is 0 Å². The molecule has 26 heavy (non-hydrogen) atoms. The van der Waals surface area contributed by atoms with Crippen LogP contribution in [0.15, 0.2) is 48.5 Å². The molecule has 5 nitrogen and oxygen atoms in total. The molecular formula is C20H14N4OTi. The zero-order chi connectivity index (χ0) is 17.9. The fraction of sp³-hybridized carbons (Fsp3) is 0. The van der Waals surface area contributed by atoms with Crippen LogP contribution in [0.4, 0.5) is 0 Å². The van der Waals surface area contributed by atoms with Crippen LogP contribution >= 0.6 is 0 Å². The summed E-state index contributed by atoms with van der Waals surface area (Å²) in [6, 6.07) is 16.4. The SMILES string of the molecule is C1=Cc2cc3ccc(cc4nc(cc5ccc(cc1n2)[nH]5)C=C4)[nH]3.[O]=[Ti]. The standard InChI is InChI=1S/C20H14N4.O.Ti/c1-2-14-10-16-5-6-18(23-16)12-20-8-7-19(24-20)11-17-4-3-15(22-17)9-13(1)21-14;;/h1-12,21,24H;;. The van der Waals surface area contributed by atoms with Crippen LogP contribution in [0.3, 0.4) is 0 Å². The molecule has 3 aromatic rings. The Morgan fingerprint density at radius 1 is 0.538 bits per heavy atom. The molecular weight excluding hydrogens is 360 g/mol. The van der Waals surface area contributed by atoms with Crippen molar-refractivity contribution < 1.29 is 23.7 Å². The van der Waals surface area contributed by atoms with E-state index in [-0.39, 0.29) is 0 Å². The van der Waals surface area contributed by atoms with Crippen LogP contribution in [-0.2, 0) is 23.7 Å². The van der Waals surface area contributed by atoms with Crippen molar-refractivity contribution in [3.63, 3.8) is 0 Å². The predicted molar refractivity (Wildman–Crippen MR) is 99.5 cm³/mol. The summed E-state index contributed by atoms with van der Waals surface area (Å²) >= 11 is 0.750. The number of fused-ring (bicyclic) bond motifs is 8. The van der Waals surface area contributed by atoms with Crippen molar-refractivity contribution in [1.29, 1.82) is 0 Å². The van der Waals surface area contributed by atoms with Crippen molar-refractivity contribution >= 4 is 46.4 Å². The number of aromatic nitrogens is 4. The second kappa shape index (κ2) is 7.16. The van der Waals surface area contributed by atoms with Gasteiger partial charge >= 0.3 is 23.7 Å². The van der Waals surface area contributed by atoms with Gasteiger partial charge in [-0.05, 0) is 72.8 Å². The van der Waals surface area contributed by atoms with Gasteiger partial charge in [-0.3, -0.25) is 0 Å². The molecule has 5 heterocycles. The Morgan fingerprint density at radius 3 is 1.08 bits per heavy atom. The predicted octanol–water partition coefficient (Wildman–Crippen LogP) is 4.53. The maximum absolute atomic E-state index is 8.25. The molecule has 2 aliphatic heterocycles. The molecule has 0 spiro atoms. The first-order valence-corrected chi connectivity index (χ1v) is 8.69. The van der Waals surface area contributed by atoms with E-state index >= 15 is 0 Å². The molecule has 0 aromatic carbocycles. The number of hydrogen-bond donors (Lipinski definition) is 2. The quantitative estimate of drug-likeness (QED) is 0.391. The van der Waals surface area contributed by atoms with Gasteiger partial charge in [0.2, 0.25) is 0 Å². The number of nitrogens with one attached hydrogen (secondary N) is 2. The van der Waals surface area contributed by atoms with Gasteiger partial charge in [0.05, 0.1) is 22.8 Å². The van der Waals surface area contributed by atoms with Gasteiger partial charge in [-0.15, -0.1) is 0 Å². The van der Waals surface area contributed by atoms with Crippen molar-refractivity contribution in [2.75, 3.05) is 0 Å². The maximum atomic E-state index is 8.25. The zero-order valence-electron chi connectivity index (χ0n) is 13.7. The fourth-order valence-corrected chi connectivity index (χ4v) is 2.94. The van der Waals surface area contributed by atoms with E-state index in [0.29, 0.717) is 0 Å². The van der Waals surface area contributed by atoms with E-state index in [0.717, 1.165) is 65.2 Å². The summed E-state index contributed by atoms with van der Waals surface area (Å²) < 4.78 is 8.25. The second-order valence-corrected chi connectivity index (χ2v) is 5.91. The first kappa shape index (κ1) is 16.6. The Hall–Kier alpha value is -2.89. The minimum atomic E-state index is 0.750. The molecule has 124 valence electrons. The average molecular weight is 374 g/mol. The summed E-state index contributed by atoms with van der Waals surface area (Å²) in [5, 5.41) is 0. The number of aromatic amines is 2. The summed E-state index contributed by atoms with van der Waals surface area (Å²) in [7, 11) is 0. The molecule has 0 atom stereocenters. The van der Waals surface area contributed by atoms with E-state index < -0.39 is 0 Å². The number of hydrogen-bond acceptors (Lipinski definition) is 3. The van der Waals surface area contributed by atoms with Gasteiger partial charge in [-0.25, -0.2) is 9.97 Å². The Kier molecular flexibility index (Phi) is 4.56. The zero-order valence-corrected chi connectivity index (χ0v) is 15.3. The summed E-state index contributed by atoms with van der Waals surface area (Å²) in [5.41, 5.74) is 7.86. The van der Waals surface area contributed by atoms with Crippen molar-refractivity contribution in [2.45, 2.75) is 0 Å². The van der Waals surface area contributed by atoms with Crippen LogP contribution in [0.25, 0.3) is 46.4 Å². The molecule has 0 unspecified atom stereocenters. The van der Waals surface area contributed by atoms with E-state index in [9.17, 15) is 0 Å². The van der Waals surface area contributed by atoms with E-state index in [1.54, 1.807) is 0 Å². The topological polar surface area (TPSA) is 74.4 Å². The molecule has 6 heteroatoms. The van der Waals surface area contributed by atoms with Crippen LogP contribution in [-0.4, -0.2) is 19.9 Å². The molecule has 0 radical (unpaired) electrons. The average Bonchev–Trinajstić information content (AvgIpc) is 3.42. The van der Waals surface area contributed by atoms with Gasteiger partial charge in [0.1, 0.15) is 0 Å². The van der Waals surface area contributed by atoms with E-state index in [1.165, 1.54) is 0 Å². The van der Waals surface area contributed by atoms with Crippen LogP contribution in [0, 0.1) is 0 Å². The molecule has 0 saturated heterocycles. The summed E-state index contributed by atoms with van der Waals surface area (Å²) in [4.78, 5) is 16.0. The Morgan fingerprint density at radius 2 is 0.808 bits per heavy atom. The summed E-state index contributed by atoms with van der Waals surface area (Å²) in [6.07, 6.45) is 8.09. The molecule has 2 N–H and O–H groups in total. The fourth-order valence-electron chi connectivity index (χ4n) is 2.94. The molecule has 5 rings (SSSR count). The number of rotatable bonds is 0. The monoisotopic (exact) mass is 374 g/mol. The van der Waals surface area contributed by atoms with Crippen LogP contribution < -0.4 is 0 Å². The van der Waals surface area contributed by atoms with Crippen molar-refractivity contribution in [3.8, 4) is 0 Å². The summed E-state index contributed by atoms with van der Waals surface area (Å²) in [6.45, 7) is 0. The molecule has 0 fully saturated rings. The van der Waals surface area contributed by atoms with Gasteiger partial charge in [-0.1, -0.05) is 0 Å². The first-order valence-electron chi connectivity index (χ1n) is 8.05. The van der Waals surface area contributed by atoms with Gasteiger partial charge in [0, 0.05) is 22.1 Å². The van der Waals surface area contributed by atoms with Crippen LogP contribution in [0.1, 0.15) is 22.8 Å². The normalized spacial score (nSPS) is 11.8. The van der Waals surface area contributed by atoms with E-state index in [2.05, 4.69) is 44.2 Å². The van der Waals surface area contributed by atoms with Gasteiger partial charge < -0.3 is 9.97 Å². The van der Waals surface area contributed by atoms with Crippen molar-refractivity contribution in [3.05, 3.63) is 71.3 Å². The molecule has 0 aliphatic carbocycles. The molecule has 2 aliphatic rings. The van der Waals surface area contributed by atoms with Gasteiger partial charge in [0.15, 0.2) is 0 Å². The Bertz CT molecular complexity index is 1010. The van der Waals surface area contributed by atoms with Gasteiger partial charge in [0.25, 0.3) is 0 Å². The number of nitrogens with zero attached hydrogens (tertiary/aromatic N) is 2. The van der Waals surface area contributed by atoms with Crippen LogP contribution in [0.2, 0.25) is 0 Å². The van der Waals surface area contributed by atoms with E-state index in [4.69, 9.17) is 3.32 Å². The number of H-pyrrole nitrogens is 2. The molecule has 8 bridgehead atoms. The minimum absolute atomic E-state index is 0.750. The summed E-state index contributed by atoms with van der Waals surface area (Å²) in [5.74, 6) is 0. The second-order valence-electron chi connectivity index (χ2n) is 5.91. The Balaban J connectivity index is 0.000000814. The first-order chi connectivity index (χ1) is 12.8. The van der Waals surface area contributed by atoms with E-state index in [1.807, 2.05) is 48.6 Å². The van der Waals surface area contributed by atoms with Crippen molar-refractivity contribution in [2.24, 2.45) is 0 Å². The molecule has 3 aromatic heterocycles. The Labute approximate surface area is 161 Å². The van der Waals surface area contributed by atoms with Crippen LogP contribution in [0.5, 0.6) is 0 Å². The van der Waals surface area contributed by atoms with Crippen molar-refractivity contribution in [1.82, 2.24) is 19.9 Å².